The van der Waals surface area contributed by atoms with Crippen LogP contribution in [0.2, 0.25) is 0 Å². The molecule has 0 bridgehead atoms. The predicted octanol–water partition coefficient (Wildman–Crippen LogP) is 2.15. The molecule has 1 aromatic rings. The van der Waals surface area contributed by atoms with Gasteiger partial charge < -0.3 is 29.4 Å². The number of carbonyl (C=O) groups is 2. The van der Waals surface area contributed by atoms with Crippen molar-refractivity contribution in [2.75, 3.05) is 6.54 Å². The van der Waals surface area contributed by atoms with Gasteiger partial charge in [0.2, 0.25) is 0 Å². The van der Waals surface area contributed by atoms with Crippen molar-refractivity contribution in [3.8, 4) is 0 Å². The summed E-state index contributed by atoms with van der Waals surface area (Å²) < 4.78 is 23.6. The number of azide groups is 1. The van der Waals surface area contributed by atoms with E-state index in [1.165, 1.54) is 0 Å². The second kappa shape index (κ2) is 9.43. The molecule has 11 nitrogen and oxygen atoms in total. The molecule has 3 rings (SSSR count). The van der Waals surface area contributed by atoms with Crippen LogP contribution >= 0.6 is 0 Å². The molecule has 32 heavy (non-hydrogen) atoms. The van der Waals surface area contributed by atoms with Crippen molar-refractivity contribution in [2.24, 2.45) is 5.11 Å². The first-order valence-corrected chi connectivity index (χ1v) is 10.3. The second-order valence-corrected chi connectivity index (χ2v) is 8.66. The van der Waals surface area contributed by atoms with Crippen molar-refractivity contribution in [2.45, 2.75) is 76.1 Å². The number of aliphatic carboxylic acids is 1. The third-order valence-corrected chi connectivity index (χ3v) is 5.15. The molecule has 11 heteroatoms. The topological polar surface area (TPSA) is 152 Å². The fraction of sp³-hybridized carbons (Fsp3) is 0.619. The number of nitrogens with one attached hydrogen (secondary N) is 1. The van der Waals surface area contributed by atoms with Crippen LogP contribution in [0.3, 0.4) is 0 Å². The minimum absolute atomic E-state index is 0.0228. The Morgan fingerprint density at radius 2 is 1.72 bits per heavy atom. The van der Waals surface area contributed by atoms with Gasteiger partial charge in [0, 0.05) is 11.3 Å². The van der Waals surface area contributed by atoms with E-state index in [0.29, 0.717) is 0 Å². The zero-order valence-electron chi connectivity index (χ0n) is 18.4. The zero-order chi connectivity index (χ0) is 23.5. The average molecular weight is 448 g/mol. The van der Waals surface area contributed by atoms with Crippen molar-refractivity contribution in [1.82, 2.24) is 5.32 Å². The van der Waals surface area contributed by atoms with Gasteiger partial charge in [-0.15, -0.1) is 0 Å². The van der Waals surface area contributed by atoms with Crippen molar-refractivity contribution >= 4 is 11.9 Å². The molecule has 2 saturated heterocycles. The average Bonchev–Trinajstić information content (AvgIpc) is 3.21. The van der Waals surface area contributed by atoms with Gasteiger partial charge in [-0.2, -0.15) is 0 Å². The number of benzene rings is 1. The number of nitrogens with zero attached hydrogens (tertiary/aromatic N) is 3. The molecule has 2 aliphatic heterocycles. The van der Waals surface area contributed by atoms with E-state index in [0.717, 1.165) is 5.56 Å². The van der Waals surface area contributed by atoms with E-state index < -0.39 is 53.9 Å². The summed E-state index contributed by atoms with van der Waals surface area (Å²) in [6.45, 7) is 6.68. The van der Waals surface area contributed by atoms with Crippen LogP contribution in [0.25, 0.3) is 10.4 Å². The highest BCUT2D eigenvalue weighted by Crippen LogP contribution is 2.38. The highest BCUT2D eigenvalue weighted by molar-refractivity contribution is 5.87. The molecule has 0 aromatic heterocycles. The molecule has 0 aliphatic carbocycles. The number of ether oxygens (including phenoxy) is 4. The normalized spacial score (nSPS) is 29.1. The van der Waals surface area contributed by atoms with E-state index in [9.17, 15) is 14.7 Å². The third kappa shape index (κ3) is 5.76. The summed E-state index contributed by atoms with van der Waals surface area (Å²) in [6.07, 6.45) is -3.39. The smallest absolute Gasteiger partial charge is 0.326 e. The Morgan fingerprint density at radius 3 is 2.34 bits per heavy atom. The van der Waals surface area contributed by atoms with Crippen LogP contribution in [-0.4, -0.2) is 65.6 Å². The Balaban J connectivity index is 1.79. The van der Waals surface area contributed by atoms with Gasteiger partial charge >= 0.3 is 5.97 Å². The van der Waals surface area contributed by atoms with Crippen LogP contribution in [0.15, 0.2) is 35.4 Å². The maximum Gasteiger partial charge on any atom is 0.326 e. The minimum atomic E-state index is -1.17. The van der Waals surface area contributed by atoms with Gasteiger partial charge in [0.25, 0.3) is 5.91 Å². The molecule has 1 aromatic carbocycles. The number of rotatable bonds is 8. The Labute approximate surface area is 185 Å². The van der Waals surface area contributed by atoms with Crippen molar-refractivity contribution in [3.05, 3.63) is 46.3 Å². The first kappa shape index (κ1) is 24.0. The van der Waals surface area contributed by atoms with E-state index in [1.807, 2.05) is 6.07 Å². The number of amides is 1. The van der Waals surface area contributed by atoms with Gasteiger partial charge in [0.15, 0.2) is 17.7 Å². The molecule has 0 radical (unpaired) electrons. The summed E-state index contributed by atoms with van der Waals surface area (Å²) in [6, 6.07) is 7.84. The second-order valence-electron chi connectivity index (χ2n) is 8.66. The predicted molar refractivity (Wildman–Crippen MR) is 111 cm³/mol. The number of carboxylic acids is 1. The van der Waals surface area contributed by atoms with Gasteiger partial charge in [-0.05, 0) is 38.8 Å². The van der Waals surface area contributed by atoms with Crippen molar-refractivity contribution in [1.29, 1.82) is 0 Å². The highest BCUT2D eigenvalue weighted by atomic mass is 16.8. The molecule has 2 fully saturated rings. The maximum atomic E-state index is 13.1. The highest BCUT2D eigenvalue weighted by Gasteiger charge is 2.55. The van der Waals surface area contributed by atoms with E-state index in [2.05, 4.69) is 15.3 Å². The molecule has 0 spiro atoms. The molecule has 2 aliphatic rings. The van der Waals surface area contributed by atoms with E-state index in [4.69, 9.17) is 24.5 Å². The first-order valence-electron chi connectivity index (χ1n) is 10.3. The van der Waals surface area contributed by atoms with Crippen LogP contribution < -0.4 is 5.32 Å². The summed E-state index contributed by atoms with van der Waals surface area (Å²) in [5.74, 6) is -3.92. The van der Waals surface area contributed by atoms with Crippen LogP contribution in [0, 0.1) is 0 Å². The summed E-state index contributed by atoms with van der Waals surface area (Å²) >= 11 is 0. The summed E-state index contributed by atoms with van der Waals surface area (Å²) in [5.41, 5.74) is 9.46. The van der Waals surface area contributed by atoms with Crippen LogP contribution in [0.1, 0.15) is 33.3 Å². The number of hydrogen-bond acceptors (Lipinski definition) is 7. The quantitative estimate of drug-likeness (QED) is 0.351. The van der Waals surface area contributed by atoms with Gasteiger partial charge in [-0.1, -0.05) is 35.4 Å². The molecule has 0 unspecified atom stereocenters. The lowest BCUT2D eigenvalue weighted by atomic mass is 10.0. The molecular weight excluding hydrogens is 420 g/mol. The van der Waals surface area contributed by atoms with E-state index in [-0.39, 0.29) is 13.0 Å². The summed E-state index contributed by atoms with van der Waals surface area (Å²) in [7, 11) is 0. The zero-order valence-corrected chi connectivity index (χ0v) is 18.4. The summed E-state index contributed by atoms with van der Waals surface area (Å²) in [5, 5.41) is 15.8. The molecule has 2 N–H and O–H groups in total. The lowest BCUT2D eigenvalue weighted by Crippen LogP contribution is -2.53. The maximum absolute atomic E-state index is 13.1. The number of carboxylic acid groups (broad SMARTS) is 1. The first-order chi connectivity index (χ1) is 15.0. The lowest BCUT2D eigenvalue weighted by Gasteiger charge is -2.26. The SMILES string of the molecule is CC1(C)O[C@H]([C@@H]2OC(C)(C)O[C@H]2C(=O)N[C@H](Cc2ccccc2)C(=O)O)[C@@H](CN=[N+]=[N-])O1. The fourth-order valence-electron chi connectivity index (χ4n) is 3.94. The monoisotopic (exact) mass is 448 g/mol. The number of hydrogen-bond donors (Lipinski definition) is 2. The van der Waals surface area contributed by atoms with Crippen molar-refractivity contribution in [3.63, 3.8) is 0 Å². The minimum Gasteiger partial charge on any atom is -0.480 e. The van der Waals surface area contributed by atoms with Crippen molar-refractivity contribution < 1.29 is 33.6 Å². The van der Waals surface area contributed by atoms with Crippen LogP contribution in [0.5, 0.6) is 0 Å². The van der Waals surface area contributed by atoms with E-state index >= 15 is 0 Å². The Hall–Kier alpha value is -2.69. The third-order valence-electron chi connectivity index (χ3n) is 5.15. The van der Waals surface area contributed by atoms with Crippen LogP contribution in [0.4, 0.5) is 0 Å². The van der Waals surface area contributed by atoms with Crippen LogP contribution in [-0.2, 0) is 35.0 Å². The molecule has 5 atom stereocenters. The molecule has 174 valence electrons. The number of carbonyl (C=O) groups excluding carboxylic acids is 1. The Morgan fingerprint density at radius 1 is 1.09 bits per heavy atom. The standard InChI is InChI=1S/C21H28N4O7/c1-20(2)29-14(11-23-25-22)15(30-20)16-17(32-21(3,4)31-16)18(26)24-13(19(27)28)10-12-8-6-5-7-9-12/h5-9,13-17H,10-11H2,1-4H3,(H,24,26)(H,27,28)/t13-,14-,15+,16+,17-/m1/s1. The Bertz CT molecular complexity index is 885. The van der Waals surface area contributed by atoms with Gasteiger partial charge in [0.1, 0.15) is 18.2 Å². The molecule has 1 amide bonds. The fourth-order valence-corrected chi connectivity index (χ4v) is 3.94. The Kier molecular flexibility index (Phi) is 7.06. The van der Waals surface area contributed by atoms with Gasteiger partial charge in [0.05, 0.1) is 12.6 Å². The molecule has 0 saturated carbocycles. The molecular formula is C21H28N4O7. The van der Waals surface area contributed by atoms with E-state index in [1.54, 1.807) is 52.0 Å². The molecule has 2 heterocycles. The van der Waals surface area contributed by atoms with Gasteiger partial charge in [-0.25, -0.2) is 4.79 Å². The van der Waals surface area contributed by atoms with Gasteiger partial charge in [-0.3, -0.25) is 4.79 Å². The largest absolute Gasteiger partial charge is 0.480 e. The lowest BCUT2D eigenvalue weighted by molar-refractivity contribution is -0.175. The summed E-state index contributed by atoms with van der Waals surface area (Å²) in [4.78, 5) is 27.7.